The van der Waals surface area contributed by atoms with E-state index in [1.165, 1.54) is 17.3 Å². The fourth-order valence-electron chi connectivity index (χ4n) is 3.21. The molecular weight excluding hydrogens is 305 g/mol. The van der Waals surface area contributed by atoms with E-state index in [4.69, 9.17) is 4.74 Å². The van der Waals surface area contributed by atoms with E-state index in [1.807, 2.05) is 24.5 Å². The van der Waals surface area contributed by atoms with Crippen LogP contribution in [0.5, 0.6) is 5.75 Å². The first kappa shape index (κ1) is 16.7. The van der Waals surface area contributed by atoms with Crippen LogP contribution in [-0.2, 0) is 6.54 Å². The van der Waals surface area contributed by atoms with Crippen LogP contribution < -0.4 is 9.64 Å². The number of ether oxygens (including phenoxy) is 1. The lowest BCUT2D eigenvalue weighted by Gasteiger charge is -2.25. The average molecular weight is 329 g/mol. The van der Waals surface area contributed by atoms with Crippen LogP contribution in [0.25, 0.3) is 0 Å². The fraction of sp³-hybridized carbons (Fsp3) is 0.421. The van der Waals surface area contributed by atoms with Crippen LogP contribution in [0.4, 0.5) is 10.1 Å². The van der Waals surface area contributed by atoms with Crippen LogP contribution in [0.15, 0.2) is 36.7 Å². The minimum atomic E-state index is -0.194. The molecule has 4 nitrogen and oxygen atoms in total. The van der Waals surface area contributed by atoms with Gasteiger partial charge in [0.25, 0.3) is 0 Å². The van der Waals surface area contributed by atoms with Crippen molar-refractivity contribution in [1.29, 1.82) is 0 Å². The maximum atomic E-state index is 14.2. The van der Waals surface area contributed by atoms with E-state index in [1.54, 1.807) is 7.11 Å². The van der Waals surface area contributed by atoms with Crippen molar-refractivity contribution in [3.8, 4) is 5.75 Å². The molecule has 0 amide bonds. The molecule has 1 fully saturated rings. The van der Waals surface area contributed by atoms with Gasteiger partial charge in [-0.15, -0.1) is 0 Å². The van der Waals surface area contributed by atoms with E-state index in [0.717, 1.165) is 38.2 Å². The summed E-state index contributed by atoms with van der Waals surface area (Å²) in [4.78, 5) is 8.89. The topological polar surface area (TPSA) is 28.6 Å². The number of hydrogen-bond acceptors (Lipinski definition) is 4. The SMILES string of the molecule is COc1ccc(CN2CCCN(c3ccncc3C)CC2)c(F)c1. The highest BCUT2D eigenvalue weighted by Crippen LogP contribution is 2.22. The second kappa shape index (κ2) is 7.62. The van der Waals surface area contributed by atoms with Crippen LogP contribution in [0.3, 0.4) is 0 Å². The summed E-state index contributed by atoms with van der Waals surface area (Å²) in [6, 6.07) is 7.18. The highest BCUT2D eigenvalue weighted by atomic mass is 19.1. The Balaban J connectivity index is 1.65. The summed E-state index contributed by atoms with van der Waals surface area (Å²) in [6.45, 7) is 6.60. The van der Waals surface area contributed by atoms with E-state index < -0.39 is 0 Å². The number of rotatable bonds is 4. The first-order valence-corrected chi connectivity index (χ1v) is 8.37. The van der Waals surface area contributed by atoms with E-state index >= 15 is 0 Å². The van der Waals surface area contributed by atoms with Gasteiger partial charge in [0.2, 0.25) is 0 Å². The molecule has 0 bridgehead atoms. The van der Waals surface area contributed by atoms with E-state index in [2.05, 4.69) is 27.8 Å². The average Bonchev–Trinajstić information content (AvgIpc) is 2.83. The normalized spacial score (nSPS) is 16.0. The minimum absolute atomic E-state index is 0.194. The maximum absolute atomic E-state index is 14.2. The molecule has 0 saturated carbocycles. The van der Waals surface area contributed by atoms with Crippen molar-refractivity contribution in [2.75, 3.05) is 38.2 Å². The molecule has 0 radical (unpaired) electrons. The Labute approximate surface area is 142 Å². The second-order valence-electron chi connectivity index (χ2n) is 6.24. The van der Waals surface area contributed by atoms with Gasteiger partial charge in [-0.1, -0.05) is 6.07 Å². The smallest absolute Gasteiger partial charge is 0.131 e. The Morgan fingerprint density at radius 3 is 2.79 bits per heavy atom. The van der Waals surface area contributed by atoms with Crippen molar-refractivity contribution in [1.82, 2.24) is 9.88 Å². The van der Waals surface area contributed by atoms with Gasteiger partial charge in [-0.05, 0) is 31.0 Å². The number of aromatic nitrogens is 1. The summed E-state index contributed by atoms with van der Waals surface area (Å²) in [5.41, 5.74) is 3.18. The first-order valence-electron chi connectivity index (χ1n) is 8.37. The summed E-state index contributed by atoms with van der Waals surface area (Å²) in [5, 5.41) is 0. The van der Waals surface area contributed by atoms with Gasteiger partial charge in [0.15, 0.2) is 0 Å². The van der Waals surface area contributed by atoms with Crippen molar-refractivity contribution < 1.29 is 9.13 Å². The number of methoxy groups -OCH3 is 1. The lowest BCUT2D eigenvalue weighted by molar-refractivity contribution is 0.281. The van der Waals surface area contributed by atoms with Crippen LogP contribution >= 0.6 is 0 Å². The van der Waals surface area contributed by atoms with Crippen molar-refractivity contribution in [3.05, 3.63) is 53.6 Å². The Hall–Kier alpha value is -2.14. The third-order valence-corrected chi connectivity index (χ3v) is 4.57. The Morgan fingerprint density at radius 2 is 2.04 bits per heavy atom. The standard InChI is InChI=1S/C19H24FN3O/c1-15-13-21-7-6-19(15)23-9-3-8-22(10-11-23)14-16-4-5-17(24-2)12-18(16)20/h4-7,12-13H,3,8-11,14H2,1-2H3. The number of aryl methyl sites for hydroxylation is 1. The van der Waals surface area contributed by atoms with Crippen LogP contribution in [-0.4, -0.2) is 43.2 Å². The molecule has 2 aromatic rings. The summed E-state index contributed by atoms with van der Waals surface area (Å²) in [7, 11) is 1.55. The molecule has 5 heteroatoms. The fourth-order valence-corrected chi connectivity index (χ4v) is 3.21. The molecule has 1 aliphatic heterocycles. The highest BCUT2D eigenvalue weighted by Gasteiger charge is 2.17. The predicted octanol–water partition coefficient (Wildman–Crippen LogP) is 3.25. The number of pyridine rings is 1. The molecule has 1 aliphatic rings. The van der Waals surface area contributed by atoms with Gasteiger partial charge in [0, 0.05) is 62.4 Å². The summed E-state index contributed by atoms with van der Waals surface area (Å²) in [5.74, 6) is 0.367. The quantitative estimate of drug-likeness (QED) is 0.861. The molecule has 0 unspecified atom stereocenters. The molecule has 3 rings (SSSR count). The monoisotopic (exact) mass is 329 g/mol. The third kappa shape index (κ3) is 3.85. The van der Waals surface area contributed by atoms with Gasteiger partial charge < -0.3 is 9.64 Å². The molecule has 2 heterocycles. The van der Waals surface area contributed by atoms with Crippen molar-refractivity contribution in [2.24, 2.45) is 0 Å². The zero-order chi connectivity index (χ0) is 16.9. The molecular formula is C19H24FN3O. The zero-order valence-corrected chi connectivity index (χ0v) is 14.3. The molecule has 0 spiro atoms. The molecule has 0 N–H and O–H groups in total. The molecule has 24 heavy (non-hydrogen) atoms. The molecule has 128 valence electrons. The third-order valence-electron chi connectivity index (χ3n) is 4.57. The predicted molar refractivity (Wildman–Crippen MR) is 94.0 cm³/mol. The van der Waals surface area contributed by atoms with Gasteiger partial charge >= 0.3 is 0 Å². The molecule has 1 aromatic carbocycles. The van der Waals surface area contributed by atoms with Gasteiger partial charge in [-0.25, -0.2) is 4.39 Å². The lowest BCUT2D eigenvalue weighted by atomic mass is 10.2. The highest BCUT2D eigenvalue weighted by molar-refractivity contribution is 5.51. The van der Waals surface area contributed by atoms with Crippen LogP contribution in [0.1, 0.15) is 17.5 Å². The number of nitrogens with zero attached hydrogens (tertiary/aromatic N) is 3. The second-order valence-corrected chi connectivity index (χ2v) is 6.24. The Morgan fingerprint density at radius 1 is 1.17 bits per heavy atom. The number of hydrogen-bond donors (Lipinski definition) is 0. The first-order chi connectivity index (χ1) is 11.7. The van der Waals surface area contributed by atoms with Crippen molar-refractivity contribution in [3.63, 3.8) is 0 Å². The summed E-state index contributed by atoms with van der Waals surface area (Å²) in [6.07, 6.45) is 4.82. The van der Waals surface area contributed by atoms with Crippen LogP contribution in [0.2, 0.25) is 0 Å². The van der Waals surface area contributed by atoms with Gasteiger partial charge in [0.1, 0.15) is 11.6 Å². The summed E-state index contributed by atoms with van der Waals surface area (Å²) < 4.78 is 19.2. The number of halogens is 1. The zero-order valence-electron chi connectivity index (χ0n) is 14.3. The summed E-state index contributed by atoms with van der Waals surface area (Å²) >= 11 is 0. The maximum Gasteiger partial charge on any atom is 0.131 e. The van der Waals surface area contributed by atoms with Crippen molar-refractivity contribution >= 4 is 5.69 Å². The molecule has 0 atom stereocenters. The van der Waals surface area contributed by atoms with E-state index in [0.29, 0.717) is 12.3 Å². The molecule has 1 saturated heterocycles. The minimum Gasteiger partial charge on any atom is -0.497 e. The van der Waals surface area contributed by atoms with E-state index in [-0.39, 0.29) is 5.82 Å². The molecule has 1 aromatic heterocycles. The molecule has 0 aliphatic carbocycles. The van der Waals surface area contributed by atoms with Crippen LogP contribution in [0, 0.1) is 12.7 Å². The number of benzene rings is 1. The Bertz CT molecular complexity index is 692. The van der Waals surface area contributed by atoms with Crippen molar-refractivity contribution in [2.45, 2.75) is 19.9 Å². The van der Waals surface area contributed by atoms with E-state index in [9.17, 15) is 4.39 Å². The number of anilines is 1. The van der Waals surface area contributed by atoms with Gasteiger partial charge in [0.05, 0.1) is 7.11 Å². The Kier molecular flexibility index (Phi) is 5.30. The van der Waals surface area contributed by atoms with Gasteiger partial charge in [-0.2, -0.15) is 0 Å². The lowest BCUT2D eigenvalue weighted by Crippen LogP contribution is -2.31. The van der Waals surface area contributed by atoms with Gasteiger partial charge in [-0.3, -0.25) is 9.88 Å². The largest absolute Gasteiger partial charge is 0.497 e.